The number of hydrogen-bond donors (Lipinski definition) is 1. The van der Waals surface area contributed by atoms with Gasteiger partial charge in [0.15, 0.2) is 0 Å². The molecule has 0 aliphatic rings. The molecule has 0 saturated heterocycles. The van der Waals surface area contributed by atoms with Crippen LogP contribution in [0.5, 0.6) is 5.88 Å². The highest BCUT2D eigenvalue weighted by Crippen LogP contribution is 2.21. The quantitative estimate of drug-likeness (QED) is 0.815. The lowest BCUT2D eigenvalue weighted by Gasteiger charge is -2.09. The van der Waals surface area contributed by atoms with Crippen LogP contribution in [0.25, 0.3) is 0 Å². The fourth-order valence-electron chi connectivity index (χ4n) is 1.24. The Morgan fingerprint density at radius 1 is 1.47 bits per heavy atom. The maximum absolute atomic E-state index is 11.9. The third-order valence-electron chi connectivity index (χ3n) is 2.14. The molecule has 1 atom stereocenters. The summed E-state index contributed by atoms with van der Waals surface area (Å²) in [7, 11) is 0. The van der Waals surface area contributed by atoms with Crippen molar-refractivity contribution in [2.75, 3.05) is 6.61 Å². The van der Waals surface area contributed by atoms with E-state index < -0.39 is 12.6 Å². The number of hydrogen-bond acceptors (Lipinski definition) is 3. The van der Waals surface area contributed by atoms with Crippen LogP contribution in [0, 0.1) is 0 Å². The number of ether oxygens (including phenoxy) is 1. The van der Waals surface area contributed by atoms with E-state index in [-0.39, 0.29) is 19.1 Å². The first-order valence-corrected chi connectivity index (χ1v) is 5.29. The van der Waals surface area contributed by atoms with Gasteiger partial charge in [0.05, 0.1) is 6.61 Å². The molecule has 17 heavy (non-hydrogen) atoms. The molecule has 3 nitrogen and oxygen atoms in total. The summed E-state index contributed by atoms with van der Waals surface area (Å²) in [5.41, 5.74) is 6.50. The van der Waals surface area contributed by atoms with Crippen molar-refractivity contribution in [2.45, 2.75) is 32.0 Å². The largest absolute Gasteiger partial charge is 0.478 e. The third-order valence-corrected chi connectivity index (χ3v) is 2.14. The van der Waals surface area contributed by atoms with Gasteiger partial charge in [-0.3, -0.25) is 0 Å². The van der Waals surface area contributed by atoms with Crippen molar-refractivity contribution in [2.24, 2.45) is 5.73 Å². The summed E-state index contributed by atoms with van der Waals surface area (Å²) in [5.74, 6) is 0.307. The molecular formula is C11H15F3N2O. The molecule has 0 spiro atoms. The summed E-state index contributed by atoms with van der Waals surface area (Å²) in [6.45, 7) is 1.80. The van der Waals surface area contributed by atoms with Crippen LogP contribution in [-0.2, 0) is 0 Å². The van der Waals surface area contributed by atoms with Gasteiger partial charge in [0.2, 0.25) is 5.88 Å². The van der Waals surface area contributed by atoms with E-state index in [1.165, 1.54) is 6.20 Å². The third kappa shape index (κ3) is 5.53. The summed E-state index contributed by atoms with van der Waals surface area (Å²) in [6.07, 6.45) is -3.53. The van der Waals surface area contributed by atoms with Crippen LogP contribution in [-0.4, -0.2) is 17.8 Å². The number of halogens is 3. The molecule has 0 radical (unpaired) electrons. The fraction of sp³-hybridized carbons (Fsp3) is 0.545. The number of pyridine rings is 1. The van der Waals surface area contributed by atoms with Crippen molar-refractivity contribution in [3.8, 4) is 5.88 Å². The van der Waals surface area contributed by atoms with E-state index >= 15 is 0 Å². The first-order chi connectivity index (χ1) is 7.88. The van der Waals surface area contributed by atoms with E-state index in [2.05, 4.69) is 4.98 Å². The van der Waals surface area contributed by atoms with E-state index in [0.29, 0.717) is 5.88 Å². The van der Waals surface area contributed by atoms with E-state index in [0.717, 1.165) is 5.56 Å². The Balaban J connectivity index is 2.39. The average molecular weight is 248 g/mol. The van der Waals surface area contributed by atoms with Gasteiger partial charge in [-0.05, 0) is 25.0 Å². The van der Waals surface area contributed by atoms with Gasteiger partial charge >= 0.3 is 6.18 Å². The predicted molar refractivity (Wildman–Crippen MR) is 57.6 cm³/mol. The Bertz CT molecular complexity index is 353. The molecule has 0 saturated carbocycles. The molecule has 0 amide bonds. The minimum absolute atomic E-state index is 0.00504. The standard InChI is InChI=1S/C11H15F3N2O/c1-8(15)9-3-5-16-10(7-9)17-6-2-4-11(12,13)14/h3,5,7-8H,2,4,6,15H2,1H3/t8-/m0/s1. The number of alkyl halides is 3. The molecule has 0 bridgehead atoms. The van der Waals surface area contributed by atoms with Gasteiger partial charge < -0.3 is 10.5 Å². The number of aromatic nitrogens is 1. The highest BCUT2D eigenvalue weighted by Gasteiger charge is 2.26. The fourth-order valence-corrected chi connectivity index (χ4v) is 1.24. The minimum Gasteiger partial charge on any atom is -0.478 e. The van der Waals surface area contributed by atoms with Gasteiger partial charge in [-0.15, -0.1) is 0 Å². The van der Waals surface area contributed by atoms with E-state index in [4.69, 9.17) is 10.5 Å². The Morgan fingerprint density at radius 3 is 2.76 bits per heavy atom. The molecule has 1 rings (SSSR count). The maximum atomic E-state index is 11.9. The van der Waals surface area contributed by atoms with Gasteiger partial charge in [-0.25, -0.2) is 4.98 Å². The van der Waals surface area contributed by atoms with Crippen molar-refractivity contribution in [3.05, 3.63) is 23.9 Å². The van der Waals surface area contributed by atoms with Crippen LogP contribution in [0.3, 0.4) is 0 Å². The molecule has 2 N–H and O–H groups in total. The predicted octanol–water partition coefficient (Wildman–Crippen LogP) is 2.82. The first kappa shape index (κ1) is 13.8. The molecule has 0 aliphatic heterocycles. The Kier molecular flexibility index (Phi) is 4.74. The monoisotopic (exact) mass is 248 g/mol. The summed E-state index contributed by atoms with van der Waals surface area (Å²) in [5, 5.41) is 0. The summed E-state index contributed by atoms with van der Waals surface area (Å²) >= 11 is 0. The van der Waals surface area contributed by atoms with Crippen molar-refractivity contribution in [3.63, 3.8) is 0 Å². The molecular weight excluding hydrogens is 233 g/mol. The second-order valence-electron chi connectivity index (χ2n) is 3.78. The zero-order valence-electron chi connectivity index (χ0n) is 9.50. The van der Waals surface area contributed by atoms with Gasteiger partial charge in [0, 0.05) is 24.7 Å². The molecule has 0 aliphatic carbocycles. The Labute approximate surface area is 97.8 Å². The van der Waals surface area contributed by atoms with Crippen LogP contribution in [0.2, 0.25) is 0 Å². The van der Waals surface area contributed by atoms with Gasteiger partial charge in [0.25, 0.3) is 0 Å². The lowest BCUT2D eigenvalue weighted by molar-refractivity contribution is -0.136. The lowest BCUT2D eigenvalue weighted by atomic mass is 10.1. The second kappa shape index (κ2) is 5.86. The van der Waals surface area contributed by atoms with Crippen molar-refractivity contribution in [1.82, 2.24) is 4.98 Å². The molecule has 96 valence electrons. The van der Waals surface area contributed by atoms with E-state index in [1.54, 1.807) is 12.1 Å². The first-order valence-electron chi connectivity index (χ1n) is 5.29. The van der Waals surface area contributed by atoms with Crippen LogP contribution >= 0.6 is 0 Å². The van der Waals surface area contributed by atoms with Crippen molar-refractivity contribution < 1.29 is 17.9 Å². The molecule has 1 aromatic rings. The smallest absolute Gasteiger partial charge is 0.389 e. The van der Waals surface area contributed by atoms with Crippen LogP contribution in [0.4, 0.5) is 13.2 Å². The molecule has 1 heterocycles. The zero-order valence-corrected chi connectivity index (χ0v) is 9.50. The second-order valence-corrected chi connectivity index (χ2v) is 3.78. The van der Waals surface area contributed by atoms with Crippen molar-refractivity contribution >= 4 is 0 Å². The topological polar surface area (TPSA) is 48.1 Å². The zero-order chi connectivity index (χ0) is 12.9. The van der Waals surface area contributed by atoms with Gasteiger partial charge in [-0.1, -0.05) is 0 Å². The SMILES string of the molecule is C[C@H](N)c1ccnc(OCCCC(F)(F)F)c1. The Morgan fingerprint density at radius 2 is 2.18 bits per heavy atom. The molecule has 6 heteroatoms. The van der Waals surface area contributed by atoms with E-state index in [1.807, 2.05) is 6.92 Å². The number of nitrogens with two attached hydrogens (primary N) is 1. The molecule has 0 aromatic carbocycles. The summed E-state index contributed by atoms with van der Waals surface area (Å²) < 4.78 is 40.7. The van der Waals surface area contributed by atoms with Gasteiger partial charge in [0.1, 0.15) is 0 Å². The normalized spacial score (nSPS) is 13.5. The Hall–Kier alpha value is -1.30. The molecule has 1 aromatic heterocycles. The molecule has 0 fully saturated rings. The summed E-state index contributed by atoms with van der Waals surface area (Å²) in [6, 6.07) is 3.22. The number of nitrogens with zero attached hydrogens (tertiary/aromatic N) is 1. The summed E-state index contributed by atoms with van der Waals surface area (Å²) in [4.78, 5) is 3.90. The van der Waals surface area contributed by atoms with Crippen LogP contribution in [0.15, 0.2) is 18.3 Å². The highest BCUT2D eigenvalue weighted by atomic mass is 19.4. The average Bonchev–Trinajstić information content (AvgIpc) is 2.23. The minimum atomic E-state index is -4.13. The van der Waals surface area contributed by atoms with Gasteiger partial charge in [-0.2, -0.15) is 13.2 Å². The van der Waals surface area contributed by atoms with Crippen LogP contribution < -0.4 is 10.5 Å². The highest BCUT2D eigenvalue weighted by molar-refractivity contribution is 5.22. The van der Waals surface area contributed by atoms with E-state index in [9.17, 15) is 13.2 Å². The maximum Gasteiger partial charge on any atom is 0.389 e. The van der Waals surface area contributed by atoms with Crippen molar-refractivity contribution in [1.29, 1.82) is 0 Å². The number of rotatable bonds is 5. The van der Waals surface area contributed by atoms with Crippen LogP contribution in [0.1, 0.15) is 31.4 Å². The lowest BCUT2D eigenvalue weighted by Crippen LogP contribution is -2.10. The molecule has 0 unspecified atom stereocenters.